The monoisotopic (exact) mass is 487 g/mol. The third-order valence-electron chi connectivity index (χ3n) is 7.51. The Bertz CT molecular complexity index is 1180. The fraction of sp³-hybridized carbons (Fsp3) is 0.464. The second-order valence-electron chi connectivity index (χ2n) is 10.2. The van der Waals surface area contributed by atoms with E-state index in [2.05, 4.69) is 39.0 Å². The Labute approximate surface area is 211 Å². The molecule has 188 valence electrons. The molecule has 2 atom stereocenters. The van der Waals surface area contributed by atoms with Gasteiger partial charge >= 0.3 is 6.09 Å². The molecule has 2 bridgehead atoms. The molecule has 0 N–H and O–H groups in total. The van der Waals surface area contributed by atoms with Crippen LogP contribution < -0.4 is 4.90 Å². The molecule has 1 amide bonds. The predicted octanol–water partition coefficient (Wildman–Crippen LogP) is 3.57. The molecule has 2 unspecified atom stereocenters. The van der Waals surface area contributed by atoms with E-state index in [1.54, 1.807) is 0 Å². The van der Waals surface area contributed by atoms with E-state index in [4.69, 9.17) is 14.5 Å². The van der Waals surface area contributed by atoms with E-state index in [9.17, 15) is 4.79 Å². The average Bonchev–Trinajstić information content (AvgIpc) is 3.22. The number of amides is 1. The lowest BCUT2D eigenvalue weighted by Gasteiger charge is -2.34. The molecular formula is C28H33N5O3. The molecule has 8 nitrogen and oxygen atoms in total. The standard InChI is InChI=1S/C28H33N5O3/c34-28(36-24-10-12-31(13-11-24)15-21-6-2-1-3-7-21)32-16-22-17-33(23(18-32)20-35-19-22)27-14-29-25-8-4-5-9-26(25)30-27/h1-9,14,22-24H,10-13,15-20H2. The predicted molar refractivity (Wildman–Crippen MR) is 138 cm³/mol. The van der Waals surface area contributed by atoms with E-state index in [0.29, 0.717) is 26.3 Å². The van der Waals surface area contributed by atoms with Crippen LogP contribution in [0, 0.1) is 5.92 Å². The van der Waals surface area contributed by atoms with Crippen LogP contribution in [0.4, 0.5) is 10.6 Å². The van der Waals surface area contributed by atoms with Crippen LogP contribution in [0.5, 0.6) is 0 Å². The third kappa shape index (κ3) is 5.15. The Morgan fingerprint density at radius 2 is 1.72 bits per heavy atom. The number of rotatable bonds is 4. The lowest BCUT2D eigenvalue weighted by molar-refractivity contribution is 0.0132. The van der Waals surface area contributed by atoms with E-state index in [1.165, 1.54) is 5.56 Å². The zero-order valence-electron chi connectivity index (χ0n) is 20.5. The van der Waals surface area contributed by atoms with Gasteiger partial charge in [0.25, 0.3) is 0 Å². The van der Waals surface area contributed by atoms with Gasteiger partial charge in [0, 0.05) is 45.2 Å². The van der Waals surface area contributed by atoms with Gasteiger partial charge in [-0.1, -0.05) is 42.5 Å². The second kappa shape index (κ2) is 10.4. The van der Waals surface area contributed by atoms with Crippen molar-refractivity contribution in [1.82, 2.24) is 19.8 Å². The average molecular weight is 488 g/mol. The summed E-state index contributed by atoms with van der Waals surface area (Å²) in [5, 5.41) is 0. The summed E-state index contributed by atoms with van der Waals surface area (Å²) in [6.45, 7) is 6.03. The van der Waals surface area contributed by atoms with Crippen LogP contribution >= 0.6 is 0 Å². The first kappa shape index (κ1) is 23.2. The molecular weight excluding hydrogens is 454 g/mol. The normalized spacial score (nSPS) is 23.4. The van der Waals surface area contributed by atoms with Crippen LogP contribution in [0.3, 0.4) is 0 Å². The number of likely N-dealkylation sites (tertiary alicyclic amines) is 1. The fourth-order valence-corrected chi connectivity index (χ4v) is 5.60. The van der Waals surface area contributed by atoms with Crippen molar-refractivity contribution in [3.05, 3.63) is 66.4 Å². The van der Waals surface area contributed by atoms with Crippen LogP contribution in [-0.2, 0) is 16.0 Å². The lowest BCUT2D eigenvalue weighted by atomic mass is 10.1. The van der Waals surface area contributed by atoms with E-state index in [1.807, 2.05) is 41.4 Å². The Balaban J connectivity index is 1.08. The first-order chi connectivity index (χ1) is 17.7. The highest BCUT2D eigenvalue weighted by atomic mass is 16.6. The molecule has 0 saturated carbocycles. The maximum absolute atomic E-state index is 13.2. The van der Waals surface area contributed by atoms with Crippen molar-refractivity contribution < 1.29 is 14.3 Å². The Morgan fingerprint density at radius 1 is 0.944 bits per heavy atom. The zero-order valence-corrected chi connectivity index (χ0v) is 20.5. The summed E-state index contributed by atoms with van der Waals surface area (Å²) >= 11 is 0. The van der Waals surface area contributed by atoms with Crippen molar-refractivity contribution >= 4 is 22.9 Å². The van der Waals surface area contributed by atoms with Gasteiger partial charge in [-0.2, -0.15) is 0 Å². The van der Waals surface area contributed by atoms with Gasteiger partial charge in [0.05, 0.1) is 36.5 Å². The minimum Gasteiger partial charge on any atom is -0.446 e. The van der Waals surface area contributed by atoms with E-state index >= 15 is 0 Å². The summed E-state index contributed by atoms with van der Waals surface area (Å²) in [7, 11) is 0. The molecule has 3 aliphatic heterocycles. The molecule has 3 aliphatic rings. The van der Waals surface area contributed by atoms with Gasteiger partial charge in [-0.15, -0.1) is 0 Å². The molecule has 36 heavy (non-hydrogen) atoms. The summed E-state index contributed by atoms with van der Waals surface area (Å²) in [5.74, 6) is 1.04. The molecule has 0 spiro atoms. The van der Waals surface area contributed by atoms with Crippen LogP contribution in [0.15, 0.2) is 60.8 Å². The van der Waals surface area contributed by atoms with Gasteiger partial charge in [-0.25, -0.2) is 9.78 Å². The Kier molecular flexibility index (Phi) is 6.70. The van der Waals surface area contributed by atoms with Gasteiger partial charge in [-0.05, 0) is 30.5 Å². The highest BCUT2D eigenvalue weighted by Gasteiger charge is 2.37. The topological polar surface area (TPSA) is 71.0 Å². The number of hydrogen-bond acceptors (Lipinski definition) is 7. The summed E-state index contributed by atoms with van der Waals surface area (Å²) in [4.78, 5) is 29.3. The largest absolute Gasteiger partial charge is 0.446 e. The lowest BCUT2D eigenvalue weighted by Crippen LogP contribution is -2.47. The van der Waals surface area contributed by atoms with E-state index < -0.39 is 0 Å². The van der Waals surface area contributed by atoms with Crippen molar-refractivity contribution in [1.29, 1.82) is 0 Å². The summed E-state index contributed by atoms with van der Waals surface area (Å²) in [6, 6.07) is 18.5. The second-order valence-corrected chi connectivity index (χ2v) is 10.2. The van der Waals surface area contributed by atoms with Crippen molar-refractivity contribution in [3.63, 3.8) is 0 Å². The Hall–Kier alpha value is -3.23. The number of benzene rings is 2. The summed E-state index contributed by atoms with van der Waals surface area (Å²) in [5.41, 5.74) is 3.09. The number of hydrogen-bond donors (Lipinski definition) is 0. The molecule has 3 fully saturated rings. The van der Waals surface area contributed by atoms with Gasteiger partial charge in [0.15, 0.2) is 0 Å². The zero-order chi connectivity index (χ0) is 24.3. The molecule has 8 heteroatoms. The number of piperidine rings is 1. The number of carbonyl (C=O) groups excluding carboxylic acids is 1. The van der Waals surface area contributed by atoms with Crippen LogP contribution in [-0.4, -0.2) is 83.9 Å². The number of carbonyl (C=O) groups is 1. The fourth-order valence-electron chi connectivity index (χ4n) is 5.60. The first-order valence-corrected chi connectivity index (χ1v) is 13.0. The number of para-hydroxylation sites is 2. The molecule has 6 rings (SSSR count). The van der Waals surface area contributed by atoms with Crippen molar-refractivity contribution in [2.75, 3.05) is 50.8 Å². The molecule has 0 radical (unpaired) electrons. The number of nitrogens with zero attached hydrogens (tertiary/aromatic N) is 5. The highest BCUT2D eigenvalue weighted by molar-refractivity contribution is 5.75. The van der Waals surface area contributed by atoms with Gasteiger partial charge < -0.3 is 19.3 Å². The maximum Gasteiger partial charge on any atom is 0.410 e. The summed E-state index contributed by atoms with van der Waals surface area (Å²) < 4.78 is 12.0. The van der Waals surface area contributed by atoms with Crippen LogP contribution in [0.1, 0.15) is 18.4 Å². The molecule has 3 aromatic rings. The van der Waals surface area contributed by atoms with Crippen molar-refractivity contribution in [2.45, 2.75) is 31.5 Å². The Morgan fingerprint density at radius 3 is 2.56 bits per heavy atom. The number of anilines is 1. The van der Waals surface area contributed by atoms with Gasteiger partial charge in [-0.3, -0.25) is 9.88 Å². The number of ether oxygens (including phenoxy) is 2. The quantitative estimate of drug-likeness (QED) is 0.557. The van der Waals surface area contributed by atoms with Crippen LogP contribution in [0.25, 0.3) is 11.0 Å². The van der Waals surface area contributed by atoms with E-state index in [0.717, 1.165) is 55.9 Å². The number of aromatic nitrogens is 2. The molecule has 0 aliphatic carbocycles. The van der Waals surface area contributed by atoms with E-state index in [-0.39, 0.29) is 24.2 Å². The van der Waals surface area contributed by atoms with Crippen molar-refractivity contribution in [3.8, 4) is 0 Å². The third-order valence-corrected chi connectivity index (χ3v) is 7.51. The smallest absolute Gasteiger partial charge is 0.410 e. The molecule has 2 aromatic carbocycles. The summed E-state index contributed by atoms with van der Waals surface area (Å²) in [6.07, 6.45) is 3.38. The first-order valence-electron chi connectivity index (χ1n) is 13.0. The molecule has 1 aromatic heterocycles. The van der Waals surface area contributed by atoms with Crippen LogP contribution in [0.2, 0.25) is 0 Å². The minimum atomic E-state index is -0.195. The SMILES string of the molecule is O=C(OC1CCN(Cc2ccccc2)CC1)N1CC2COCC(C1)N(c1cnc3ccccc3n1)C2. The van der Waals surface area contributed by atoms with Crippen molar-refractivity contribution in [2.24, 2.45) is 5.92 Å². The van der Waals surface area contributed by atoms with Gasteiger partial charge in [0.2, 0.25) is 0 Å². The molecule has 3 saturated heterocycles. The maximum atomic E-state index is 13.2. The molecule has 4 heterocycles. The highest BCUT2D eigenvalue weighted by Crippen LogP contribution is 2.26. The minimum absolute atomic E-state index is 0.0215. The number of fused-ring (bicyclic) bond motifs is 4. The van der Waals surface area contributed by atoms with Gasteiger partial charge in [0.1, 0.15) is 11.9 Å².